The molecule has 0 fully saturated rings. The number of nitrogens with one attached hydrogen (secondary N) is 1. The molecule has 0 spiro atoms. The van der Waals surface area contributed by atoms with Gasteiger partial charge in [-0.2, -0.15) is 0 Å². The van der Waals surface area contributed by atoms with Crippen molar-refractivity contribution < 1.29 is 22.7 Å². The predicted molar refractivity (Wildman–Crippen MR) is 160 cm³/mol. The number of ether oxygens (including phenoxy) is 2. The average Bonchev–Trinajstić information content (AvgIpc) is 3.02. The fourth-order valence-electron chi connectivity index (χ4n) is 4.27. The third-order valence-corrected chi connectivity index (χ3v) is 8.11. The van der Waals surface area contributed by atoms with E-state index in [0.29, 0.717) is 22.9 Å². The van der Waals surface area contributed by atoms with Crippen molar-refractivity contribution in [3.05, 3.63) is 145 Å². The van der Waals surface area contributed by atoms with Crippen LogP contribution in [0.5, 0.6) is 17.2 Å². The van der Waals surface area contributed by atoms with Crippen LogP contribution < -0.4 is 19.1 Å². The molecule has 0 aliphatic carbocycles. The van der Waals surface area contributed by atoms with Crippen LogP contribution in [0.15, 0.2) is 138 Å². The van der Waals surface area contributed by atoms with Crippen LogP contribution in [0.4, 0.5) is 11.4 Å². The van der Waals surface area contributed by atoms with Gasteiger partial charge in [-0.3, -0.25) is 9.10 Å². The highest BCUT2D eigenvalue weighted by molar-refractivity contribution is 7.92. The SMILES string of the molecule is COc1ccc(S(=O)(=O)N(Cc2ccccc2)c2ccccc2C(=O)Nc2ccccc2Oc2ccccc2)cc1. The van der Waals surface area contributed by atoms with Gasteiger partial charge in [-0.25, -0.2) is 8.42 Å². The summed E-state index contributed by atoms with van der Waals surface area (Å²) in [6, 6.07) is 38.4. The van der Waals surface area contributed by atoms with E-state index in [1.165, 1.54) is 23.5 Å². The molecule has 41 heavy (non-hydrogen) atoms. The molecule has 0 radical (unpaired) electrons. The van der Waals surface area contributed by atoms with Gasteiger partial charge in [0.2, 0.25) is 0 Å². The summed E-state index contributed by atoms with van der Waals surface area (Å²) in [5, 5.41) is 2.91. The third kappa shape index (κ3) is 6.40. The van der Waals surface area contributed by atoms with Gasteiger partial charge in [0.1, 0.15) is 11.5 Å². The zero-order chi connectivity index (χ0) is 28.7. The number of hydrogen-bond acceptors (Lipinski definition) is 5. The summed E-state index contributed by atoms with van der Waals surface area (Å²) in [5.41, 5.74) is 1.64. The van der Waals surface area contributed by atoms with E-state index in [0.717, 1.165) is 5.56 Å². The number of para-hydroxylation sites is 4. The third-order valence-electron chi connectivity index (χ3n) is 6.34. The summed E-state index contributed by atoms with van der Waals surface area (Å²) in [6.45, 7) is 0.0210. The number of anilines is 2. The Morgan fingerprint density at radius 1 is 0.707 bits per heavy atom. The molecule has 0 aromatic heterocycles. The van der Waals surface area contributed by atoms with Gasteiger partial charge in [-0.15, -0.1) is 0 Å². The lowest BCUT2D eigenvalue weighted by Gasteiger charge is -2.27. The van der Waals surface area contributed by atoms with Gasteiger partial charge in [-0.1, -0.05) is 72.8 Å². The average molecular weight is 565 g/mol. The first-order valence-electron chi connectivity index (χ1n) is 12.9. The van der Waals surface area contributed by atoms with Crippen molar-refractivity contribution in [1.29, 1.82) is 0 Å². The van der Waals surface area contributed by atoms with Crippen LogP contribution in [0.1, 0.15) is 15.9 Å². The first-order chi connectivity index (χ1) is 20.0. The molecule has 5 aromatic carbocycles. The van der Waals surface area contributed by atoms with E-state index >= 15 is 0 Å². The summed E-state index contributed by atoms with van der Waals surface area (Å²) >= 11 is 0. The molecule has 0 unspecified atom stereocenters. The quantitative estimate of drug-likeness (QED) is 0.195. The molecule has 0 saturated heterocycles. The van der Waals surface area contributed by atoms with E-state index < -0.39 is 15.9 Å². The Morgan fingerprint density at radius 2 is 1.32 bits per heavy atom. The number of methoxy groups -OCH3 is 1. The second-order valence-electron chi connectivity index (χ2n) is 9.06. The molecular weight excluding hydrogens is 536 g/mol. The van der Waals surface area contributed by atoms with Gasteiger partial charge in [0.05, 0.1) is 35.5 Å². The number of carbonyl (C=O) groups is 1. The summed E-state index contributed by atoms with van der Waals surface area (Å²) in [6.07, 6.45) is 0. The minimum atomic E-state index is -4.08. The fourth-order valence-corrected chi connectivity index (χ4v) is 5.74. The van der Waals surface area contributed by atoms with Crippen molar-refractivity contribution in [2.45, 2.75) is 11.4 Å². The number of carbonyl (C=O) groups excluding carboxylic acids is 1. The zero-order valence-electron chi connectivity index (χ0n) is 22.3. The van der Waals surface area contributed by atoms with Crippen LogP contribution in [-0.2, 0) is 16.6 Å². The Kier molecular flexibility index (Phi) is 8.31. The van der Waals surface area contributed by atoms with Crippen molar-refractivity contribution in [3.8, 4) is 17.2 Å². The molecule has 0 aliphatic heterocycles. The molecule has 5 aromatic rings. The van der Waals surface area contributed by atoms with E-state index in [-0.39, 0.29) is 22.7 Å². The molecular formula is C33H28N2O5S. The highest BCUT2D eigenvalue weighted by Crippen LogP contribution is 2.33. The van der Waals surface area contributed by atoms with Crippen molar-refractivity contribution in [3.63, 3.8) is 0 Å². The number of rotatable bonds is 10. The lowest BCUT2D eigenvalue weighted by atomic mass is 10.1. The molecule has 8 heteroatoms. The van der Waals surface area contributed by atoms with Gasteiger partial charge in [0.15, 0.2) is 5.75 Å². The van der Waals surface area contributed by atoms with Crippen LogP contribution in [-0.4, -0.2) is 21.4 Å². The Balaban J connectivity index is 1.52. The van der Waals surface area contributed by atoms with Gasteiger partial charge in [0, 0.05) is 0 Å². The van der Waals surface area contributed by atoms with Gasteiger partial charge >= 0.3 is 0 Å². The Hall–Kier alpha value is -5.08. The molecule has 1 N–H and O–H groups in total. The Morgan fingerprint density at radius 3 is 2.02 bits per heavy atom. The van der Waals surface area contributed by atoms with Crippen LogP contribution >= 0.6 is 0 Å². The smallest absolute Gasteiger partial charge is 0.264 e. The normalized spacial score (nSPS) is 11.0. The van der Waals surface area contributed by atoms with Crippen LogP contribution in [0.3, 0.4) is 0 Å². The van der Waals surface area contributed by atoms with E-state index in [1.807, 2.05) is 66.7 Å². The van der Waals surface area contributed by atoms with E-state index in [4.69, 9.17) is 9.47 Å². The van der Waals surface area contributed by atoms with Gasteiger partial charge < -0.3 is 14.8 Å². The lowest BCUT2D eigenvalue weighted by molar-refractivity contribution is 0.102. The van der Waals surface area contributed by atoms with Crippen molar-refractivity contribution in [2.24, 2.45) is 0 Å². The van der Waals surface area contributed by atoms with Gasteiger partial charge in [0.25, 0.3) is 15.9 Å². The topological polar surface area (TPSA) is 84.9 Å². The molecule has 5 rings (SSSR count). The minimum absolute atomic E-state index is 0.0210. The van der Waals surface area contributed by atoms with Crippen molar-refractivity contribution in [2.75, 3.05) is 16.7 Å². The second-order valence-corrected chi connectivity index (χ2v) is 10.9. The minimum Gasteiger partial charge on any atom is -0.497 e. The molecule has 7 nitrogen and oxygen atoms in total. The maximum atomic E-state index is 14.1. The number of nitrogens with zero attached hydrogens (tertiary/aromatic N) is 1. The zero-order valence-corrected chi connectivity index (χ0v) is 23.1. The molecule has 1 amide bonds. The number of hydrogen-bond donors (Lipinski definition) is 1. The molecule has 0 heterocycles. The maximum Gasteiger partial charge on any atom is 0.264 e. The van der Waals surface area contributed by atoms with E-state index in [9.17, 15) is 13.2 Å². The number of sulfonamides is 1. The van der Waals surface area contributed by atoms with Crippen molar-refractivity contribution >= 4 is 27.3 Å². The maximum absolute atomic E-state index is 14.1. The lowest BCUT2D eigenvalue weighted by Crippen LogP contribution is -2.32. The van der Waals surface area contributed by atoms with Gasteiger partial charge in [-0.05, 0) is 66.2 Å². The number of amides is 1. The molecule has 206 valence electrons. The van der Waals surface area contributed by atoms with Crippen molar-refractivity contribution in [1.82, 2.24) is 0 Å². The molecule has 0 atom stereocenters. The summed E-state index contributed by atoms with van der Waals surface area (Å²) < 4.78 is 40.6. The molecule has 0 aliphatic rings. The Bertz CT molecular complexity index is 1730. The molecule has 0 bridgehead atoms. The summed E-state index contributed by atoms with van der Waals surface area (Å²) in [4.78, 5) is 13.8. The van der Waals surface area contributed by atoms with E-state index in [1.54, 1.807) is 54.6 Å². The fraction of sp³-hybridized carbons (Fsp3) is 0.0606. The second kappa shape index (κ2) is 12.4. The summed E-state index contributed by atoms with van der Waals surface area (Å²) in [7, 11) is -2.56. The van der Waals surface area contributed by atoms with Crippen LogP contribution in [0, 0.1) is 0 Å². The predicted octanol–water partition coefficient (Wildman–Crippen LogP) is 7.14. The molecule has 0 saturated carbocycles. The van der Waals surface area contributed by atoms with Crippen LogP contribution in [0.25, 0.3) is 0 Å². The standard InChI is InChI=1S/C33H28N2O5S/c1-39-26-20-22-28(23-21-26)41(37,38)35(24-25-12-4-2-5-13-25)31-18-10-8-16-29(31)33(36)34-30-17-9-11-19-32(30)40-27-14-6-3-7-15-27/h2-23H,24H2,1H3,(H,34,36). The monoisotopic (exact) mass is 564 g/mol. The Labute approximate surface area is 239 Å². The first-order valence-corrected chi connectivity index (χ1v) is 14.3. The van der Waals surface area contributed by atoms with Crippen LogP contribution in [0.2, 0.25) is 0 Å². The summed E-state index contributed by atoms with van der Waals surface area (Å²) in [5.74, 6) is 1.13. The first kappa shape index (κ1) is 27.5. The highest BCUT2D eigenvalue weighted by Gasteiger charge is 2.29. The largest absolute Gasteiger partial charge is 0.497 e. The number of benzene rings is 5. The van der Waals surface area contributed by atoms with E-state index in [2.05, 4.69) is 5.32 Å². The highest BCUT2D eigenvalue weighted by atomic mass is 32.2.